The summed E-state index contributed by atoms with van der Waals surface area (Å²) >= 11 is 0. The van der Waals surface area contributed by atoms with Crippen LogP contribution in [0.5, 0.6) is 5.75 Å². The summed E-state index contributed by atoms with van der Waals surface area (Å²) in [6, 6.07) is 4.01. The average Bonchev–Trinajstić information content (AvgIpc) is 2.74. The summed E-state index contributed by atoms with van der Waals surface area (Å²) in [6.07, 6.45) is 0.261. The maximum absolute atomic E-state index is 13.5. The Bertz CT molecular complexity index is 1010. The minimum Gasteiger partial charge on any atom is -0.487 e. The van der Waals surface area contributed by atoms with Crippen LogP contribution in [0.3, 0.4) is 0 Å². The number of rotatable bonds is 6. The van der Waals surface area contributed by atoms with Crippen LogP contribution in [0.2, 0.25) is 0 Å². The van der Waals surface area contributed by atoms with E-state index in [-0.39, 0.29) is 48.3 Å². The van der Waals surface area contributed by atoms with Gasteiger partial charge in [-0.25, -0.2) is 13.2 Å². The second kappa shape index (κ2) is 11.9. The van der Waals surface area contributed by atoms with E-state index in [1.54, 1.807) is 31.0 Å². The average molecular weight is 494 g/mol. The summed E-state index contributed by atoms with van der Waals surface area (Å²) in [6.45, 7) is 11.6. The molecule has 9 heteroatoms. The molecule has 0 aromatic heterocycles. The molecule has 1 aromatic carbocycles. The molecule has 0 saturated carbocycles. The van der Waals surface area contributed by atoms with Gasteiger partial charge in [0.15, 0.2) is 0 Å². The number of aliphatic hydroxyl groups is 1. The first-order valence-corrected chi connectivity index (χ1v) is 13.2. The third-order valence-electron chi connectivity index (χ3n) is 5.62. The normalized spacial score (nSPS) is 20.9. The zero-order valence-corrected chi connectivity index (χ0v) is 22.1. The molecule has 0 unspecified atom stereocenters. The lowest BCUT2D eigenvalue weighted by molar-refractivity contribution is 0.0809. The van der Waals surface area contributed by atoms with E-state index >= 15 is 0 Å². The van der Waals surface area contributed by atoms with Crippen LogP contribution in [0.1, 0.15) is 53.5 Å². The molecule has 1 aliphatic rings. The van der Waals surface area contributed by atoms with Crippen LogP contribution in [-0.2, 0) is 10.0 Å². The molecule has 0 saturated heterocycles. The van der Waals surface area contributed by atoms with Crippen molar-refractivity contribution in [3.8, 4) is 17.6 Å². The monoisotopic (exact) mass is 493 g/mol. The number of ether oxygens (including phenoxy) is 1. The number of aliphatic hydroxyl groups excluding tert-OH is 1. The molecule has 1 heterocycles. The molecule has 34 heavy (non-hydrogen) atoms. The Morgan fingerprint density at radius 2 is 1.97 bits per heavy atom. The van der Waals surface area contributed by atoms with Gasteiger partial charge in [-0.05, 0) is 44.9 Å². The molecule has 2 rings (SSSR count). The van der Waals surface area contributed by atoms with Crippen LogP contribution in [0.15, 0.2) is 23.1 Å². The Balaban J connectivity index is 2.50. The number of sulfonamides is 1. The SMILES string of the molecule is CC(C)CC#Cc1ccc2c(c1)O[C@@H](CN(C)C(=O)NC(C)C)[C@H](C)CN([C@H](C)CO)S2(=O)=O. The lowest BCUT2D eigenvalue weighted by Gasteiger charge is -2.37. The van der Waals surface area contributed by atoms with E-state index in [0.29, 0.717) is 11.5 Å². The second-order valence-corrected chi connectivity index (χ2v) is 11.6. The molecule has 1 aromatic rings. The number of hydrogen-bond donors (Lipinski definition) is 2. The van der Waals surface area contributed by atoms with E-state index in [1.807, 2.05) is 20.8 Å². The number of nitrogens with zero attached hydrogens (tertiary/aromatic N) is 2. The fraction of sp³-hybridized carbons (Fsp3) is 0.640. The first-order chi connectivity index (χ1) is 15.9. The molecule has 0 aliphatic carbocycles. The maximum atomic E-state index is 13.5. The molecule has 8 nitrogen and oxygen atoms in total. The predicted molar refractivity (Wildman–Crippen MR) is 133 cm³/mol. The molecule has 0 radical (unpaired) electrons. The number of hydrogen-bond acceptors (Lipinski definition) is 5. The molecule has 2 N–H and O–H groups in total. The summed E-state index contributed by atoms with van der Waals surface area (Å²) in [5.74, 6) is 6.60. The number of carbonyl (C=O) groups is 1. The van der Waals surface area contributed by atoms with Gasteiger partial charge in [-0.3, -0.25) is 0 Å². The number of urea groups is 1. The van der Waals surface area contributed by atoms with Crippen LogP contribution in [-0.4, -0.2) is 73.7 Å². The highest BCUT2D eigenvalue weighted by atomic mass is 32.2. The van der Waals surface area contributed by atoms with Gasteiger partial charge in [0.2, 0.25) is 10.0 Å². The standard InChI is InChI=1S/C25H39N3O5S/c1-17(2)9-8-10-21-11-12-24-22(13-21)33-23(15-27(7)25(30)26-18(3)4)19(5)14-28(20(6)16-29)34(24,31)32/h11-13,17-20,23,29H,9,14-16H2,1-7H3,(H,26,30)/t19-,20-,23+/m1/s1. The van der Waals surface area contributed by atoms with Gasteiger partial charge in [-0.2, -0.15) is 4.31 Å². The van der Waals surface area contributed by atoms with Crippen LogP contribution >= 0.6 is 0 Å². The van der Waals surface area contributed by atoms with Crippen molar-refractivity contribution in [1.82, 2.24) is 14.5 Å². The number of benzene rings is 1. The molecule has 2 amide bonds. The summed E-state index contributed by atoms with van der Waals surface area (Å²) < 4.78 is 34.6. The second-order valence-electron chi connectivity index (χ2n) is 9.79. The van der Waals surface area contributed by atoms with Crippen molar-refractivity contribution >= 4 is 16.1 Å². The third-order valence-corrected chi connectivity index (χ3v) is 7.64. The maximum Gasteiger partial charge on any atom is 0.317 e. The molecule has 0 fully saturated rings. The van der Waals surface area contributed by atoms with Crippen LogP contribution in [0, 0.1) is 23.7 Å². The fourth-order valence-electron chi connectivity index (χ4n) is 3.59. The summed E-state index contributed by atoms with van der Waals surface area (Å²) in [5.41, 5.74) is 0.661. The number of fused-ring (bicyclic) bond motifs is 1. The van der Waals surface area contributed by atoms with Crippen LogP contribution in [0.4, 0.5) is 4.79 Å². The van der Waals surface area contributed by atoms with Gasteiger partial charge >= 0.3 is 6.03 Å². The minimum absolute atomic E-state index is 0.00985. The van der Waals surface area contributed by atoms with Crippen molar-refractivity contribution in [2.75, 3.05) is 26.7 Å². The van der Waals surface area contributed by atoms with Crippen LogP contribution in [0.25, 0.3) is 0 Å². The number of amides is 2. The van der Waals surface area contributed by atoms with Gasteiger partial charge in [0.05, 0.1) is 13.2 Å². The lowest BCUT2D eigenvalue weighted by Crippen LogP contribution is -2.51. The summed E-state index contributed by atoms with van der Waals surface area (Å²) in [7, 11) is -2.23. The molecule has 0 bridgehead atoms. The Morgan fingerprint density at radius 1 is 1.29 bits per heavy atom. The van der Waals surface area contributed by atoms with E-state index < -0.39 is 22.2 Å². The van der Waals surface area contributed by atoms with Gasteiger partial charge in [-0.15, -0.1) is 0 Å². The van der Waals surface area contributed by atoms with Crippen molar-refractivity contribution in [1.29, 1.82) is 0 Å². The largest absolute Gasteiger partial charge is 0.487 e. The van der Waals surface area contributed by atoms with Gasteiger partial charge in [0.25, 0.3) is 0 Å². The summed E-state index contributed by atoms with van der Waals surface area (Å²) in [4.78, 5) is 14.1. The summed E-state index contributed by atoms with van der Waals surface area (Å²) in [5, 5.41) is 12.6. The Labute approximate surface area is 204 Å². The first kappa shape index (κ1) is 28.0. The smallest absolute Gasteiger partial charge is 0.317 e. The van der Waals surface area contributed by atoms with Gasteiger partial charge in [-0.1, -0.05) is 32.6 Å². The topological polar surface area (TPSA) is 99.2 Å². The van der Waals surface area contributed by atoms with E-state index in [4.69, 9.17) is 4.74 Å². The lowest BCUT2D eigenvalue weighted by atomic mass is 10.0. The Hall–Kier alpha value is -2.28. The Kier molecular flexibility index (Phi) is 9.80. The van der Waals surface area contributed by atoms with E-state index in [1.165, 1.54) is 10.4 Å². The number of carbonyl (C=O) groups excluding carboxylic acids is 1. The quantitative estimate of drug-likeness (QED) is 0.594. The van der Waals surface area contributed by atoms with Gasteiger partial charge < -0.3 is 20.1 Å². The molecular weight excluding hydrogens is 454 g/mol. The molecule has 0 spiro atoms. The highest BCUT2D eigenvalue weighted by molar-refractivity contribution is 7.89. The molecular formula is C25H39N3O5S. The van der Waals surface area contributed by atoms with Crippen molar-refractivity contribution in [3.63, 3.8) is 0 Å². The fourth-order valence-corrected chi connectivity index (χ4v) is 5.41. The zero-order chi connectivity index (χ0) is 25.6. The predicted octanol–water partition coefficient (Wildman–Crippen LogP) is 2.90. The number of nitrogens with one attached hydrogen (secondary N) is 1. The molecule has 3 atom stereocenters. The first-order valence-electron chi connectivity index (χ1n) is 11.8. The van der Waals surface area contributed by atoms with Crippen molar-refractivity contribution in [2.24, 2.45) is 11.8 Å². The van der Waals surface area contributed by atoms with Gasteiger partial charge in [0.1, 0.15) is 16.7 Å². The van der Waals surface area contributed by atoms with E-state index in [0.717, 1.165) is 6.42 Å². The van der Waals surface area contributed by atoms with Gasteiger partial charge in [0, 0.05) is 43.6 Å². The molecule has 1 aliphatic heterocycles. The van der Waals surface area contributed by atoms with Crippen molar-refractivity contribution in [2.45, 2.75) is 71.0 Å². The van der Waals surface area contributed by atoms with Crippen molar-refractivity contribution < 1.29 is 23.1 Å². The number of likely N-dealkylation sites (N-methyl/N-ethyl adjacent to an activating group) is 1. The Morgan fingerprint density at radius 3 is 2.56 bits per heavy atom. The molecule has 190 valence electrons. The van der Waals surface area contributed by atoms with E-state index in [9.17, 15) is 18.3 Å². The minimum atomic E-state index is -3.91. The highest BCUT2D eigenvalue weighted by Gasteiger charge is 2.38. The van der Waals surface area contributed by atoms with E-state index in [2.05, 4.69) is 31.0 Å². The van der Waals surface area contributed by atoms with Crippen LogP contribution < -0.4 is 10.1 Å². The zero-order valence-electron chi connectivity index (χ0n) is 21.3. The third kappa shape index (κ3) is 7.11. The van der Waals surface area contributed by atoms with Crippen molar-refractivity contribution in [3.05, 3.63) is 23.8 Å². The highest BCUT2D eigenvalue weighted by Crippen LogP contribution is 2.34.